The summed E-state index contributed by atoms with van der Waals surface area (Å²) < 4.78 is 0. The minimum Gasteiger partial charge on any atom is -0.354 e. The van der Waals surface area contributed by atoms with Crippen LogP contribution in [0.25, 0.3) is 0 Å². The molecule has 0 fully saturated rings. The molecule has 2 amide bonds. The molecule has 0 spiro atoms. The van der Waals surface area contributed by atoms with Gasteiger partial charge in [0.05, 0.1) is 0 Å². The molecule has 0 saturated heterocycles. The molecule has 0 bridgehead atoms. The number of carbonyl (C=O) groups is 2. The molecule has 1 atom stereocenters. The van der Waals surface area contributed by atoms with E-state index in [9.17, 15) is 9.59 Å². The first-order valence-electron chi connectivity index (χ1n) is 10.8. The SMILES string of the molecule is CCCC(=O)N(Cc1ccc(Cl)cc1)C(Cc1ccccc1)C(=O)NCCC(C)C. The van der Waals surface area contributed by atoms with Crippen molar-refractivity contribution in [1.82, 2.24) is 10.2 Å². The number of halogens is 1. The van der Waals surface area contributed by atoms with Crippen molar-refractivity contribution in [2.75, 3.05) is 6.54 Å². The van der Waals surface area contributed by atoms with Gasteiger partial charge in [-0.2, -0.15) is 0 Å². The minimum absolute atomic E-state index is 0.00705. The van der Waals surface area contributed by atoms with Crippen molar-refractivity contribution in [1.29, 1.82) is 0 Å². The van der Waals surface area contributed by atoms with Crippen LogP contribution in [0.3, 0.4) is 0 Å². The Morgan fingerprint density at radius 2 is 1.67 bits per heavy atom. The maximum Gasteiger partial charge on any atom is 0.243 e. The Hall–Kier alpha value is -2.33. The maximum atomic E-state index is 13.2. The number of hydrogen-bond acceptors (Lipinski definition) is 2. The van der Waals surface area contributed by atoms with Crippen LogP contribution >= 0.6 is 11.6 Å². The number of nitrogens with one attached hydrogen (secondary N) is 1. The Bertz CT molecular complexity index is 791. The molecule has 1 unspecified atom stereocenters. The highest BCUT2D eigenvalue weighted by Gasteiger charge is 2.29. The van der Waals surface area contributed by atoms with Crippen LogP contribution < -0.4 is 5.32 Å². The van der Waals surface area contributed by atoms with Crippen LogP contribution in [0, 0.1) is 5.92 Å². The molecule has 0 radical (unpaired) electrons. The molecule has 0 aliphatic heterocycles. The van der Waals surface area contributed by atoms with Gasteiger partial charge in [0, 0.05) is 31.0 Å². The van der Waals surface area contributed by atoms with E-state index in [2.05, 4.69) is 19.2 Å². The molecule has 1 N–H and O–H groups in total. The Morgan fingerprint density at radius 3 is 2.27 bits per heavy atom. The average molecular weight is 429 g/mol. The van der Waals surface area contributed by atoms with Gasteiger partial charge in [0.2, 0.25) is 11.8 Å². The van der Waals surface area contributed by atoms with E-state index < -0.39 is 6.04 Å². The van der Waals surface area contributed by atoms with Crippen LogP contribution in [0.5, 0.6) is 0 Å². The molecule has 4 nitrogen and oxygen atoms in total. The largest absolute Gasteiger partial charge is 0.354 e. The van der Waals surface area contributed by atoms with Gasteiger partial charge in [0.15, 0.2) is 0 Å². The standard InChI is InChI=1S/C25H33ClN2O2/c1-4-8-24(29)28(18-21-11-13-22(26)14-12-21)23(17-20-9-6-5-7-10-20)25(30)27-16-15-19(2)3/h5-7,9-14,19,23H,4,8,15-18H2,1-3H3,(H,27,30). The molecule has 0 aliphatic carbocycles. The summed E-state index contributed by atoms with van der Waals surface area (Å²) in [5, 5.41) is 3.70. The van der Waals surface area contributed by atoms with E-state index in [1.807, 2.05) is 61.5 Å². The summed E-state index contributed by atoms with van der Waals surface area (Å²) in [7, 11) is 0. The monoisotopic (exact) mass is 428 g/mol. The highest BCUT2D eigenvalue weighted by Crippen LogP contribution is 2.18. The third-order valence-corrected chi connectivity index (χ3v) is 5.27. The summed E-state index contributed by atoms with van der Waals surface area (Å²) in [5.74, 6) is 0.398. The number of carbonyl (C=O) groups excluding carboxylic acids is 2. The number of amides is 2. The lowest BCUT2D eigenvalue weighted by Gasteiger charge is -2.31. The predicted octanol–water partition coefficient (Wildman–Crippen LogP) is 5.24. The van der Waals surface area contributed by atoms with E-state index in [4.69, 9.17) is 11.6 Å². The second-order valence-corrected chi connectivity index (χ2v) is 8.51. The van der Waals surface area contributed by atoms with E-state index >= 15 is 0 Å². The fourth-order valence-corrected chi connectivity index (χ4v) is 3.43. The Balaban J connectivity index is 2.29. The molecule has 0 aromatic heterocycles. The highest BCUT2D eigenvalue weighted by molar-refractivity contribution is 6.30. The van der Waals surface area contributed by atoms with Gasteiger partial charge in [-0.05, 0) is 42.0 Å². The minimum atomic E-state index is -0.561. The second-order valence-electron chi connectivity index (χ2n) is 8.08. The predicted molar refractivity (Wildman–Crippen MR) is 123 cm³/mol. The molecule has 2 rings (SSSR count). The zero-order chi connectivity index (χ0) is 21.9. The van der Waals surface area contributed by atoms with Crippen molar-refractivity contribution < 1.29 is 9.59 Å². The van der Waals surface area contributed by atoms with E-state index in [1.165, 1.54) is 0 Å². The number of nitrogens with zero attached hydrogens (tertiary/aromatic N) is 1. The first kappa shape index (κ1) is 23.9. The Morgan fingerprint density at radius 1 is 1.00 bits per heavy atom. The molecule has 0 heterocycles. The van der Waals surface area contributed by atoms with E-state index in [0.717, 1.165) is 24.0 Å². The first-order chi connectivity index (χ1) is 14.4. The summed E-state index contributed by atoms with van der Waals surface area (Å²) in [5.41, 5.74) is 1.99. The van der Waals surface area contributed by atoms with Gasteiger partial charge in [-0.25, -0.2) is 0 Å². The van der Waals surface area contributed by atoms with Crippen LogP contribution in [0.15, 0.2) is 54.6 Å². The quantitative estimate of drug-likeness (QED) is 0.531. The summed E-state index contributed by atoms with van der Waals surface area (Å²) in [6, 6.07) is 16.8. The van der Waals surface area contributed by atoms with Crippen molar-refractivity contribution in [3.63, 3.8) is 0 Å². The molecule has 0 aliphatic rings. The van der Waals surface area contributed by atoms with E-state index in [-0.39, 0.29) is 11.8 Å². The topological polar surface area (TPSA) is 49.4 Å². The van der Waals surface area contributed by atoms with E-state index in [1.54, 1.807) is 4.90 Å². The zero-order valence-corrected chi connectivity index (χ0v) is 19.0. The van der Waals surface area contributed by atoms with Crippen molar-refractivity contribution in [2.24, 2.45) is 5.92 Å². The molecular formula is C25H33ClN2O2. The number of hydrogen-bond donors (Lipinski definition) is 1. The van der Waals surface area contributed by atoms with Gasteiger partial charge in [-0.3, -0.25) is 9.59 Å². The molecule has 30 heavy (non-hydrogen) atoms. The number of rotatable bonds is 11. The number of benzene rings is 2. The van der Waals surface area contributed by atoms with Gasteiger partial charge in [0.25, 0.3) is 0 Å². The van der Waals surface area contributed by atoms with Gasteiger partial charge in [0.1, 0.15) is 6.04 Å². The first-order valence-corrected chi connectivity index (χ1v) is 11.1. The summed E-state index contributed by atoms with van der Waals surface area (Å²) >= 11 is 6.02. The molecule has 2 aromatic carbocycles. The molecule has 5 heteroatoms. The molecule has 162 valence electrons. The fraction of sp³-hybridized carbons (Fsp3) is 0.440. The Labute approximate surface area is 185 Å². The van der Waals surface area contributed by atoms with Gasteiger partial charge >= 0.3 is 0 Å². The lowest BCUT2D eigenvalue weighted by Crippen LogP contribution is -2.50. The molecule has 2 aromatic rings. The Kier molecular flexibility index (Phi) is 9.88. The summed E-state index contributed by atoms with van der Waals surface area (Å²) in [6.07, 6.45) is 2.54. The molecular weight excluding hydrogens is 396 g/mol. The van der Waals surface area contributed by atoms with Gasteiger partial charge in [-0.15, -0.1) is 0 Å². The van der Waals surface area contributed by atoms with Crippen molar-refractivity contribution in [3.05, 3.63) is 70.7 Å². The summed E-state index contributed by atoms with van der Waals surface area (Å²) in [4.78, 5) is 28.0. The van der Waals surface area contributed by atoms with Crippen molar-refractivity contribution in [3.8, 4) is 0 Å². The van der Waals surface area contributed by atoms with Crippen molar-refractivity contribution in [2.45, 2.75) is 59.0 Å². The van der Waals surface area contributed by atoms with Crippen molar-refractivity contribution >= 4 is 23.4 Å². The highest BCUT2D eigenvalue weighted by atomic mass is 35.5. The normalized spacial score (nSPS) is 11.9. The van der Waals surface area contributed by atoms with Gasteiger partial charge < -0.3 is 10.2 Å². The summed E-state index contributed by atoms with van der Waals surface area (Å²) in [6.45, 7) is 7.23. The lowest BCUT2D eigenvalue weighted by atomic mass is 10.0. The van der Waals surface area contributed by atoms with Crippen LogP contribution in [-0.2, 0) is 22.6 Å². The fourth-order valence-electron chi connectivity index (χ4n) is 3.30. The van der Waals surface area contributed by atoms with Gasteiger partial charge in [-0.1, -0.05) is 74.8 Å². The van der Waals surface area contributed by atoms with Crippen LogP contribution in [0.1, 0.15) is 51.2 Å². The van der Waals surface area contributed by atoms with Crippen LogP contribution in [0.2, 0.25) is 5.02 Å². The van der Waals surface area contributed by atoms with Crippen LogP contribution in [0.4, 0.5) is 0 Å². The third kappa shape index (κ3) is 7.83. The maximum absolute atomic E-state index is 13.2. The van der Waals surface area contributed by atoms with Crippen LogP contribution in [-0.4, -0.2) is 29.3 Å². The average Bonchev–Trinajstić information content (AvgIpc) is 2.72. The zero-order valence-electron chi connectivity index (χ0n) is 18.2. The third-order valence-electron chi connectivity index (χ3n) is 5.02. The second kappa shape index (κ2) is 12.4. The lowest BCUT2D eigenvalue weighted by molar-refractivity contribution is -0.141. The van der Waals surface area contributed by atoms with E-state index in [0.29, 0.717) is 36.9 Å². The smallest absolute Gasteiger partial charge is 0.243 e. The molecule has 0 saturated carbocycles.